The van der Waals surface area contributed by atoms with Gasteiger partial charge in [-0.3, -0.25) is 0 Å². The van der Waals surface area contributed by atoms with Crippen LogP contribution in [0.3, 0.4) is 0 Å². The quantitative estimate of drug-likeness (QED) is 0.651. The van der Waals surface area contributed by atoms with E-state index in [1.165, 1.54) is 31.5 Å². The van der Waals surface area contributed by atoms with E-state index in [2.05, 4.69) is 30.3 Å². The van der Waals surface area contributed by atoms with Crippen molar-refractivity contribution in [1.82, 2.24) is 5.43 Å². The van der Waals surface area contributed by atoms with Gasteiger partial charge in [0.15, 0.2) is 0 Å². The number of piperidine rings is 1. The maximum absolute atomic E-state index is 4.86. The Labute approximate surface area is 91.5 Å². The van der Waals surface area contributed by atoms with Crippen molar-refractivity contribution in [2.24, 2.45) is 5.92 Å². The van der Waals surface area contributed by atoms with Gasteiger partial charge in [-0.25, -0.2) is 4.59 Å². The van der Waals surface area contributed by atoms with Crippen LogP contribution in [0.1, 0.15) is 18.4 Å². The molecule has 0 spiro atoms. The molecule has 3 aliphatic rings. The summed E-state index contributed by atoms with van der Waals surface area (Å²) in [6.07, 6.45) is 2.77. The minimum absolute atomic E-state index is 0.903. The van der Waals surface area contributed by atoms with E-state index in [0.29, 0.717) is 0 Å². The van der Waals surface area contributed by atoms with Gasteiger partial charge in [0.05, 0.1) is 19.6 Å². The number of rotatable bonds is 2. The van der Waals surface area contributed by atoms with E-state index in [1.807, 2.05) is 0 Å². The van der Waals surface area contributed by atoms with Crippen molar-refractivity contribution in [2.75, 3.05) is 19.6 Å². The highest BCUT2D eigenvalue weighted by Crippen LogP contribution is 2.30. The van der Waals surface area contributed by atoms with Crippen LogP contribution in [0.2, 0.25) is 0 Å². The molecular formula is C13H18N2+. The normalized spacial score (nSPS) is 34.3. The molecular weight excluding hydrogens is 184 g/mol. The molecule has 1 aromatic rings. The third-order valence-electron chi connectivity index (χ3n) is 3.87. The number of benzene rings is 1. The fraction of sp³-hybridized carbons (Fsp3) is 0.538. The van der Waals surface area contributed by atoms with E-state index in [-0.39, 0.29) is 0 Å². The number of quaternary nitrogens is 1. The highest BCUT2D eigenvalue weighted by Gasteiger charge is 2.41. The van der Waals surface area contributed by atoms with Crippen molar-refractivity contribution in [3.63, 3.8) is 0 Å². The summed E-state index contributed by atoms with van der Waals surface area (Å²) >= 11 is 0. The van der Waals surface area contributed by atoms with Crippen LogP contribution in [0.15, 0.2) is 30.3 Å². The van der Waals surface area contributed by atoms with Gasteiger partial charge in [0.2, 0.25) is 0 Å². The van der Waals surface area contributed by atoms with Crippen molar-refractivity contribution in [3.8, 4) is 0 Å². The second kappa shape index (κ2) is 3.62. The molecule has 3 fully saturated rings. The molecule has 0 saturated carbocycles. The van der Waals surface area contributed by atoms with Gasteiger partial charge in [-0.2, -0.15) is 0 Å². The largest absolute Gasteiger partial charge is 0.221 e. The minimum Gasteiger partial charge on any atom is -0.221 e. The van der Waals surface area contributed by atoms with E-state index >= 15 is 0 Å². The van der Waals surface area contributed by atoms with Crippen LogP contribution in [-0.2, 0) is 6.54 Å². The molecule has 3 saturated heterocycles. The molecule has 2 nitrogen and oxygen atoms in total. The van der Waals surface area contributed by atoms with Gasteiger partial charge in [0.25, 0.3) is 0 Å². The first kappa shape index (κ1) is 9.37. The molecule has 1 radical (unpaired) electrons. The van der Waals surface area contributed by atoms with Crippen LogP contribution < -0.4 is 5.43 Å². The zero-order chi connectivity index (χ0) is 10.1. The first-order valence-electron chi connectivity index (χ1n) is 5.95. The lowest BCUT2D eigenvalue weighted by Crippen LogP contribution is -2.63. The Hall–Kier alpha value is -0.860. The van der Waals surface area contributed by atoms with Crippen molar-refractivity contribution >= 4 is 0 Å². The third-order valence-corrected chi connectivity index (χ3v) is 3.87. The Bertz CT molecular complexity index is 312. The van der Waals surface area contributed by atoms with Gasteiger partial charge in [0, 0.05) is 18.4 Å². The average molecular weight is 202 g/mol. The predicted molar refractivity (Wildman–Crippen MR) is 59.9 cm³/mol. The van der Waals surface area contributed by atoms with Crippen LogP contribution in [0.25, 0.3) is 0 Å². The average Bonchev–Trinajstić information content (AvgIpc) is 2.32. The molecule has 4 rings (SSSR count). The maximum atomic E-state index is 4.86. The van der Waals surface area contributed by atoms with Crippen molar-refractivity contribution in [3.05, 3.63) is 35.9 Å². The standard InChI is InChI=1S/C13H18N2/c1-2-4-13(5-3-1)11-15-8-6-12(7-9-15)10-14-15/h1-5,12H,6-11H2/q+1. The minimum atomic E-state index is 0.903. The lowest BCUT2D eigenvalue weighted by Gasteiger charge is -2.46. The SMILES string of the molecule is c1ccc(C[N+]23CCC(CC2)C[N]3)cc1. The van der Waals surface area contributed by atoms with Gasteiger partial charge in [-0.15, -0.1) is 0 Å². The predicted octanol–water partition coefficient (Wildman–Crippen LogP) is 1.95. The molecule has 0 aliphatic carbocycles. The van der Waals surface area contributed by atoms with Crippen molar-refractivity contribution in [2.45, 2.75) is 19.4 Å². The Balaban J connectivity index is 1.76. The third kappa shape index (κ3) is 1.80. The second-order valence-corrected chi connectivity index (χ2v) is 4.95. The Morgan fingerprint density at radius 2 is 1.87 bits per heavy atom. The zero-order valence-electron chi connectivity index (χ0n) is 9.10. The van der Waals surface area contributed by atoms with E-state index in [9.17, 15) is 0 Å². The molecule has 1 aromatic carbocycles. The van der Waals surface area contributed by atoms with Crippen LogP contribution in [-0.4, -0.2) is 24.2 Å². The summed E-state index contributed by atoms with van der Waals surface area (Å²) in [6.45, 7) is 4.74. The number of fused-ring (bicyclic) bond motifs is 3. The molecule has 15 heavy (non-hydrogen) atoms. The van der Waals surface area contributed by atoms with Crippen LogP contribution in [0.5, 0.6) is 0 Å². The van der Waals surface area contributed by atoms with Crippen LogP contribution in [0.4, 0.5) is 0 Å². The van der Waals surface area contributed by atoms with E-state index < -0.39 is 0 Å². The maximum Gasteiger partial charge on any atom is 0.123 e. The number of hydrogen-bond acceptors (Lipinski definition) is 0. The molecule has 0 amide bonds. The summed E-state index contributed by atoms with van der Waals surface area (Å²) in [4.78, 5) is 0. The molecule has 0 unspecified atom stereocenters. The first-order chi connectivity index (χ1) is 7.36. The highest BCUT2D eigenvalue weighted by molar-refractivity contribution is 5.13. The summed E-state index contributed by atoms with van der Waals surface area (Å²) < 4.78 is 1.00. The summed E-state index contributed by atoms with van der Waals surface area (Å²) in [6, 6.07) is 10.8. The lowest BCUT2D eigenvalue weighted by molar-refractivity contribution is -0.998. The van der Waals surface area contributed by atoms with Crippen molar-refractivity contribution < 1.29 is 4.59 Å². The number of hydrogen-bond donors (Lipinski definition) is 0. The summed E-state index contributed by atoms with van der Waals surface area (Å²) in [5.74, 6) is 0.903. The second-order valence-electron chi connectivity index (χ2n) is 4.95. The molecule has 2 bridgehead atoms. The molecule has 0 aromatic heterocycles. The van der Waals surface area contributed by atoms with E-state index in [0.717, 1.165) is 23.6 Å². The Morgan fingerprint density at radius 3 is 2.47 bits per heavy atom. The molecule has 0 N–H and O–H groups in total. The Kier molecular flexibility index (Phi) is 2.26. The molecule has 0 atom stereocenters. The Morgan fingerprint density at radius 1 is 1.13 bits per heavy atom. The molecule has 3 heterocycles. The smallest absolute Gasteiger partial charge is 0.123 e. The van der Waals surface area contributed by atoms with E-state index in [4.69, 9.17) is 5.43 Å². The van der Waals surface area contributed by atoms with Crippen LogP contribution in [0, 0.1) is 5.92 Å². The fourth-order valence-corrected chi connectivity index (χ4v) is 2.85. The van der Waals surface area contributed by atoms with Gasteiger partial charge in [0.1, 0.15) is 6.54 Å². The van der Waals surface area contributed by atoms with Crippen molar-refractivity contribution in [1.29, 1.82) is 0 Å². The van der Waals surface area contributed by atoms with Gasteiger partial charge in [-0.05, 0) is 11.3 Å². The monoisotopic (exact) mass is 202 g/mol. The summed E-state index contributed by atoms with van der Waals surface area (Å²) in [7, 11) is 0. The first-order valence-corrected chi connectivity index (χ1v) is 5.95. The fourth-order valence-electron chi connectivity index (χ4n) is 2.85. The highest BCUT2D eigenvalue weighted by atomic mass is 15.7. The molecule has 79 valence electrons. The number of nitrogens with zero attached hydrogens (tertiary/aromatic N) is 2. The van der Waals surface area contributed by atoms with Crippen LogP contribution >= 0.6 is 0 Å². The van der Waals surface area contributed by atoms with Gasteiger partial charge >= 0.3 is 0 Å². The molecule has 3 aliphatic heterocycles. The lowest BCUT2D eigenvalue weighted by atomic mass is 9.93. The van der Waals surface area contributed by atoms with Gasteiger partial charge in [-0.1, -0.05) is 30.3 Å². The molecule has 2 heteroatoms. The summed E-state index contributed by atoms with van der Waals surface area (Å²) in [5, 5.41) is 0. The summed E-state index contributed by atoms with van der Waals surface area (Å²) in [5.41, 5.74) is 6.29. The zero-order valence-corrected chi connectivity index (χ0v) is 9.10. The van der Waals surface area contributed by atoms with Gasteiger partial charge < -0.3 is 0 Å². The topological polar surface area (TPSA) is 14.1 Å². The van der Waals surface area contributed by atoms with E-state index in [1.54, 1.807) is 0 Å².